The monoisotopic (exact) mass is 548 g/mol. The van der Waals surface area contributed by atoms with E-state index in [1.165, 1.54) is 18.4 Å². The van der Waals surface area contributed by atoms with Gasteiger partial charge >= 0.3 is 0 Å². The Labute approximate surface area is 234 Å². The summed E-state index contributed by atoms with van der Waals surface area (Å²) in [6.07, 6.45) is 6.16. The van der Waals surface area contributed by atoms with Crippen LogP contribution in [0.4, 0.5) is 0 Å². The average molecular weight is 549 g/mol. The predicted octanol–water partition coefficient (Wildman–Crippen LogP) is 5.03. The first-order valence-electron chi connectivity index (χ1n) is 14.2. The number of nitrogens with one attached hydrogen (secondary N) is 3. The first-order chi connectivity index (χ1) is 18.8. The number of carbonyl (C=O) groups is 2. The number of amides is 2. The average Bonchev–Trinajstić information content (AvgIpc) is 3.47. The first-order valence-corrected chi connectivity index (χ1v) is 14.6. The van der Waals surface area contributed by atoms with Crippen LogP contribution in [0.1, 0.15) is 68.8 Å². The molecule has 3 fully saturated rings. The van der Waals surface area contributed by atoms with E-state index in [9.17, 15) is 9.59 Å². The second-order valence-electron chi connectivity index (χ2n) is 12.0. The standard InChI is InChI=1S/C31H37ClN4O3/c1-3-33-28(37)27(19-7-6-8-19)36-29(38)31(17-39-18-31)20-11-12-24-25(15-20)35-26(34-24)16-22(30(2)13-14-30)21-9-4-5-10-23(21)32/h4-5,9-12,15,19,22,27H,3,6-8,13-14,16-18H2,1-2H3,(H,33,37)(H,34,35)(H,36,38)/t22-,27-/m1/s1. The first kappa shape index (κ1) is 26.3. The van der Waals surface area contributed by atoms with Crippen molar-refractivity contribution in [3.63, 3.8) is 0 Å². The van der Waals surface area contributed by atoms with E-state index in [4.69, 9.17) is 21.3 Å². The third-order valence-electron chi connectivity index (χ3n) is 9.31. The van der Waals surface area contributed by atoms with Crippen LogP contribution in [0.3, 0.4) is 0 Å². The summed E-state index contributed by atoms with van der Waals surface area (Å²) in [7, 11) is 0. The molecule has 1 saturated heterocycles. The number of nitrogens with zero attached hydrogens (tertiary/aromatic N) is 1. The van der Waals surface area contributed by atoms with Gasteiger partial charge in [0, 0.05) is 18.0 Å². The van der Waals surface area contributed by atoms with Crippen molar-refractivity contribution in [2.75, 3.05) is 19.8 Å². The molecular weight excluding hydrogens is 512 g/mol. The molecule has 2 atom stereocenters. The fraction of sp³-hybridized carbons (Fsp3) is 0.516. The van der Waals surface area contributed by atoms with Crippen molar-refractivity contribution >= 4 is 34.4 Å². The number of hydrogen-bond donors (Lipinski definition) is 3. The van der Waals surface area contributed by atoms with E-state index >= 15 is 0 Å². The molecule has 0 radical (unpaired) electrons. The molecule has 6 rings (SSSR count). The van der Waals surface area contributed by atoms with Gasteiger partial charge in [-0.05, 0) is 79.2 Å². The number of imidazole rings is 1. The van der Waals surface area contributed by atoms with Crippen LogP contribution >= 0.6 is 11.6 Å². The van der Waals surface area contributed by atoms with Crippen molar-refractivity contribution in [1.82, 2.24) is 20.6 Å². The van der Waals surface area contributed by atoms with Gasteiger partial charge in [-0.15, -0.1) is 0 Å². The Morgan fingerprint density at radius 2 is 1.95 bits per heavy atom. The molecular formula is C31H37ClN4O3. The fourth-order valence-electron chi connectivity index (χ4n) is 6.15. The van der Waals surface area contributed by atoms with Crippen molar-refractivity contribution in [1.29, 1.82) is 0 Å². The van der Waals surface area contributed by atoms with Gasteiger partial charge < -0.3 is 20.4 Å². The fourth-order valence-corrected chi connectivity index (χ4v) is 6.42. The van der Waals surface area contributed by atoms with Gasteiger partial charge in [0.2, 0.25) is 11.8 Å². The number of fused-ring (bicyclic) bond motifs is 1. The van der Waals surface area contributed by atoms with Gasteiger partial charge in [-0.1, -0.05) is 49.2 Å². The van der Waals surface area contributed by atoms with E-state index in [1.807, 2.05) is 37.3 Å². The molecule has 2 amide bonds. The molecule has 39 heavy (non-hydrogen) atoms. The lowest BCUT2D eigenvalue weighted by Crippen LogP contribution is -2.62. The maximum atomic E-state index is 13.7. The Morgan fingerprint density at radius 3 is 2.56 bits per heavy atom. The van der Waals surface area contributed by atoms with Gasteiger partial charge in [0.15, 0.2) is 0 Å². The summed E-state index contributed by atoms with van der Waals surface area (Å²) in [4.78, 5) is 34.9. The molecule has 1 aliphatic heterocycles. The van der Waals surface area contributed by atoms with Gasteiger partial charge in [0.25, 0.3) is 0 Å². The smallest absolute Gasteiger partial charge is 0.242 e. The highest BCUT2D eigenvalue weighted by Gasteiger charge is 2.50. The topological polar surface area (TPSA) is 96.1 Å². The highest BCUT2D eigenvalue weighted by atomic mass is 35.5. The molecule has 0 bridgehead atoms. The van der Waals surface area contributed by atoms with Crippen molar-refractivity contribution in [3.8, 4) is 0 Å². The minimum Gasteiger partial charge on any atom is -0.378 e. The van der Waals surface area contributed by atoms with Crippen molar-refractivity contribution < 1.29 is 14.3 Å². The van der Waals surface area contributed by atoms with Crippen molar-refractivity contribution in [2.45, 2.75) is 69.7 Å². The van der Waals surface area contributed by atoms with E-state index in [1.54, 1.807) is 0 Å². The number of rotatable bonds is 10. The van der Waals surface area contributed by atoms with Gasteiger partial charge in [-0.3, -0.25) is 9.59 Å². The SMILES string of the molecule is CCNC(=O)[C@H](NC(=O)C1(c2ccc3nc(C[C@H](c4ccccc4Cl)C4(C)CC4)[nH]c3c2)COC1)C1CCC1. The number of aromatic nitrogens is 2. The lowest BCUT2D eigenvalue weighted by Gasteiger charge is -2.42. The second kappa shape index (κ2) is 10.3. The summed E-state index contributed by atoms with van der Waals surface area (Å²) in [5, 5.41) is 6.80. The summed E-state index contributed by atoms with van der Waals surface area (Å²) in [5.41, 5.74) is 3.25. The zero-order valence-electron chi connectivity index (χ0n) is 22.7. The van der Waals surface area contributed by atoms with Crippen LogP contribution in [-0.4, -0.2) is 47.6 Å². The summed E-state index contributed by atoms with van der Waals surface area (Å²) in [5.74, 6) is 1.15. The highest BCUT2D eigenvalue weighted by molar-refractivity contribution is 6.31. The number of aromatic amines is 1. The number of H-pyrrole nitrogens is 1. The number of likely N-dealkylation sites (N-methyl/N-ethyl adjacent to an activating group) is 1. The molecule has 3 N–H and O–H groups in total. The second-order valence-corrected chi connectivity index (χ2v) is 12.4. The van der Waals surface area contributed by atoms with Crippen LogP contribution in [-0.2, 0) is 26.2 Å². The molecule has 2 saturated carbocycles. The molecule has 0 spiro atoms. The third kappa shape index (κ3) is 4.84. The van der Waals surface area contributed by atoms with Crippen LogP contribution in [0.25, 0.3) is 11.0 Å². The summed E-state index contributed by atoms with van der Waals surface area (Å²) < 4.78 is 5.58. The molecule has 1 aromatic heterocycles. The van der Waals surface area contributed by atoms with Crippen molar-refractivity contribution in [3.05, 3.63) is 64.4 Å². The Morgan fingerprint density at radius 1 is 1.18 bits per heavy atom. The predicted molar refractivity (Wildman–Crippen MR) is 152 cm³/mol. The molecule has 8 heteroatoms. The van der Waals surface area contributed by atoms with E-state index in [2.05, 4.69) is 34.7 Å². The number of halogens is 1. The Kier molecular flexibility index (Phi) is 6.92. The van der Waals surface area contributed by atoms with Gasteiger partial charge in [-0.2, -0.15) is 0 Å². The van der Waals surface area contributed by atoms with E-state index in [-0.39, 0.29) is 29.1 Å². The van der Waals surface area contributed by atoms with Crippen LogP contribution in [0, 0.1) is 11.3 Å². The lowest BCUT2D eigenvalue weighted by atomic mass is 9.75. The quantitative estimate of drug-likeness (QED) is 0.331. The highest BCUT2D eigenvalue weighted by Crippen LogP contribution is 2.57. The Balaban J connectivity index is 1.25. The number of carbonyl (C=O) groups excluding carboxylic acids is 2. The molecule has 0 unspecified atom stereocenters. The van der Waals surface area contributed by atoms with Crippen LogP contribution in [0.2, 0.25) is 5.02 Å². The maximum absolute atomic E-state index is 13.7. The normalized spacial score (nSPS) is 20.9. The zero-order valence-corrected chi connectivity index (χ0v) is 23.4. The lowest BCUT2D eigenvalue weighted by molar-refractivity contribution is -0.148. The summed E-state index contributed by atoms with van der Waals surface area (Å²) in [6, 6.07) is 13.6. The maximum Gasteiger partial charge on any atom is 0.242 e. The van der Waals surface area contributed by atoms with Crippen molar-refractivity contribution in [2.24, 2.45) is 11.3 Å². The molecule has 3 aromatic rings. The van der Waals surface area contributed by atoms with Gasteiger partial charge in [-0.25, -0.2) is 4.98 Å². The summed E-state index contributed by atoms with van der Waals surface area (Å²) >= 11 is 6.62. The Hall–Kier alpha value is -2.90. The van der Waals surface area contributed by atoms with Crippen LogP contribution < -0.4 is 10.6 Å². The van der Waals surface area contributed by atoms with Crippen LogP contribution in [0.5, 0.6) is 0 Å². The van der Waals surface area contributed by atoms with E-state index in [0.717, 1.165) is 53.1 Å². The Bertz CT molecular complexity index is 1390. The number of ether oxygens (including phenoxy) is 1. The largest absolute Gasteiger partial charge is 0.378 e. The number of hydrogen-bond acceptors (Lipinski definition) is 4. The molecule has 2 aliphatic carbocycles. The zero-order chi connectivity index (χ0) is 27.2. The summed E-state index contributed by atoms with van der Waals surface area (Å²) in [6.45, 7) is 5.37. The van der Waals surface area contributed by atoms with E-state index in [0.29, 0.717) is 19.8 Å². The minimum atomic E-state index is -0.810. The molecule has 2 aromatic carbocycles. The molecule has 3 aliphatic rings. The van der Waals surface area contributed by atoms with Gasteiger partial charge in [0.05, 0.1) is 24.2 Å². The molecule has 206 valence electrons. The number of benzene rings is 2. The van der Waals surface area contributed by atoms with Crippen LogP contribution in [0.15, 0.2) is 42.5 Å². The molecule has 2 heterocycles. The van der Waals surface area contributed by atoms with E-state index < -0.39 is 11.5 Å². The molecule has 7 nitrogen and oxygen atoms in total. The van der Waals surface area contributed by atoms with Gasteiger partial charge in [0.1, 0.15) is 17.3 Å². The minimum absolute atomic E-state index is 0.1000. The third-order valence-corrected chi connectivity index (χ3v) is 9.66.